The minimum atomic E-state index is -0.0372. The van der Waals surface area contributed by atoms with Crippen LogP contribution in [0.4, 0.5) is 0 Å². The molecule has 3 N–H and O–H groups in total. The highest BCUT2D eigenvalue weighted by Gasteiger charge is 2.10. The summed E-state index contributed by atoms with van der Waals surface area (Å²) in [5, 5.41) is 14.2. The number of benzene rings is 2. The van der Waals surface area contributed by atoms with Crippen LogP contribution in [0.2, 0.25) is 0 Å². The van der Waals surface area contributed by atoms with Crippen molar-refractivity contribution >= 4 is 10.9 Å². The van der Waals surface area contributed by atoms with Crippen LogP contribution in [0, 0.1) is 0 Å². The number of hydrogen-bond donors (Lipinski definition) is 3. The van der Waals surface area contributed by atoms with E-state index >= 15 is 0 Å². The van der Waals surface area contributed by atoms with Gasteiger partial charge in [0.25, 0.3) is 0 Å². The third-order valence-electron chi connectivity index (χ3n) is 3.60. The van der Waals surface area contributed by atoms with Gasteiger partial charge in [0.05, 0.1) is 12.6 Å². The van der Waals surface area contributed by atoms with Crippen LogP contribution in [-0.2, 0) is 6.54 Å². The molecular weight excluding hydrogens is 248 g/mol. The fraction of sp³-hybridized carbons (Fsp3) is 0.176. The molecule has 2 aromatic carbocycles. The molecule has 1 atom stereocenters. The van der Waals surface area contributed by atoms with E-state index in [-0.39, 0.29) is 12.6 Å². The largest absolute Gasteiger partial charge is 0.394 e. The predicted octanol–water partition coefficient (Wildman–Crippen LogP) is 2.99. The molecule has 0 aliphatic carbocycles. The average molecular weight is 266 g/mol. The molecule has 0 fully saturated rings. The van der Waals surface area contributed by atoms with Gasteiger partial charge < -0.3 is 15.4 Å². The standard InChI is InChI=1S/C17H18N2O/c20-12-17(13-6-2-1-3-7-13)19-11-14-10-18-16-9-5-4-8-15(14)16/h1-10,17-20H,11-12H2. The molecule has 3 heteroatoms. The van der Waals surface area contributed by atoms with Crippen LogP contribution in [0.15, 0.2) is 60.8 Å². The molecule has 3 nitrogen and oxygen atoms in total. The number of hydrogen-bond acceptors (Lipinski definition) is 2. The third-order valence-corrected chi connectivity index (χ3v) is 3.60. The van der Waals surface area contributed by atoms with Gasteiger partial charge in [-0.1, -0.05) is 48.5 Å². The highest BCUT2D eigenvalue weighted by molar-refractivity contribution is 5.82. The summed E-state index contributed by atoms with van der Waals surface area (Å²) in [6.07, 6.45) is 2.02. The van der Waals surface area contributed by atoms with Gasteiger partial charge in [0, 0.05) is 23.6 Å². The molecule has 20 heavy (non-hydrogen) atoms. The first kappa shape index (κ1) is 12.9. The van der Waals surface area contributed by atoms with E-state index < -0.39 is 0 Å². The lowest BCUT2D eigenvalue weighted by atomic mass is 10.1. The molecule has 0 saturated heterocycles. The normalized spacial score (nSPS) is 12.7. The maximum atomic E-state index is 9.55. The molecule has 3 aromatic rings. The second kappa shape index (κ2) is 5.90. The zero-order valence-corrected chi connectivity index (χ0v) is 11.2. The van der Waals surface area contributed by atoms with Crippen LogP contribution in [0.25, 0.3) is 10.9 Å². The average Bonchev–Trinajstić information content (AvgIpc) is 2.92. The highest BCUT2D eigenvalue weighted by Crippen LogP contribution is 2.19. The summed E-state index contributed by atoms with van der Waals surface area (Å²) < 4.78 is 0. The monoisotopic (exact) mass is 266 g/mol. The van der Waals surface area contributed by atoms with E-state index in [0.717, 1.165) is 17.6 Å². The second-order valence-electron chi connectivity index (χ2n) is 4.89. The lowest BCUT2D eigenvalue weighted by Gasteiger charge is -2.16. The lowest BCUT2D eigenvalue weighted by molar-refractivity contribution is 0.244. The lowest BCUT2D eigenvalue weighted by Crippen LogP contribution is -2.23. The van der Waals surface area contributed by atoms with E-state index in [1.54, 1.807) is 0 Å². The maximum Gasteiger partial charge on any atom is 0.0626 e. The van der Waals surface area contributed by atoms with Gasteiger partial charge in [-0.2, -0.15) is 0 Å². The third kappa shape index (κ3) is 2.59. The molecule has 1 aromatic heterocycles. The topological polar surface area (TPSA) is 48.0 Å². The van der Waals surface area contributed by atoms with E-state index in [1.165, 1.54) is 10.9 Å². The van der Waals surface area contributed by atoms with Crippen LogP contribution in [0.1, 0.15) is 17.2 Å². The number of aromatic nitrogens is 1. The van der Waals surface area contributed by atoms with E-state index in [2.05, 4.69) is 22.4 Å². The van der Waals surface area contributed by atoms with Crippen molar-refractivity contribution < 1.29 is 5.11 Å². The molecule has 3 rings (SSSR count). The number of rotatable bonds is 5. The molecule has 0 aliphatic heterocycles. The van der Waals surface area contributed by atoms with Gasteiger partial charge in [-0.05, 0) is 17.2 Å². The maximum absolute atomic E-state index is 9.55. The number of para-hydroxylation sites is 1. The van der Waals surface area contributed by atoms with Crippen molar-refractivity contribution in [1.82, 2.24) is 10.3 Å². The minimum absolute atomic E-state index is 0.0372. The van der Waals surface area contributed by atoms with Gasteiger partial charge in [-0.25, -0.2) is 0 Å². The van der Waals surface area contributed by atoms with Crippen molar-refractivity contribution in [3.8, 4) is 0 Å². The van der Waals surface area contributed by atoms with Crippen LogP contribution >= 0.6 is 0 Å². The van der Waals surface area contributed by atoms with Crippen LogP contribution in [0.5, 0.6) is 0 Å². The van der Waals surface area contributed by atoms with Crippen molar-refractivity contribution in [2.24, 2.45) is 0 Å². The Morgan fingerprint density at radius 3 is 2.55 bits per heavy atom. The molecule has 0 aliphatic rings. The Morgan fingerprint density at radius 2 is 1.75 bits per heavy atom. The Kier molecular flexibility index (Phi) is 3.81. The molecular formula is C17H18N2O. The molecule has 102 valence electrons. The number of nitrogens with one attached hydrogen (secondary N) is 2. The number of aliphatic hydroxyl groups excluding tert-OH is 1. The summed E-state index contributed by atoms with van der Waals surface area (Å²) in [7, 11) is 0. The highest BCUT2D eigenvalue weighted by atomic mass is 16.3. The number of aromatic amines is 1. The quantitative estimate of drug-likeness (QED) is 0.665. The van der Waals surface area contributed by atoms with Crippen molar-refractivity contribution in [1.29, 1.82) is 0 Å². The van der Waals surface area contributed by atoms with E-state index in [1.807, 2.05) is 48.7 Å². The first-order valence-corrected chi connectivity index (χ1v) is 6.82. The van der Waals surface area contributed by atoms with Gasteiger partial charge >= 0.3 is 0 Å². The molecule has 0 spiro atoms. The zero-order chi connectivity index (χ0) is 13.8. The minimum Gasteiger partial charge on any atom is -0.394 e. The summed E-state index contributed by atoms with van der Waals surface area (Å²) in [4.78, 5) is 3.27. The molecule has 0 radical (unpaired) electrons. The Bertz CT molecular complexity index is 676. The van der Waals surface area contributed by atoms with Crippen molar-refractivity contribution in [2.75, 3.05) is 6.61 Å². The summed E-state index contributed by atoms with van der Waals surface area (Å²) in [5.74, 6) is 0. The van der Waals surface area contributed by atoms with Crippen LogP contribution < -0.4 is 5.32 Å². The smallest absolute Gasteiger partial charge is 0.0626 e. The Balaban J connectivity index is 1.75. The fourth-order valence-electron chi connectivity index (χ4n) is 2.48. The van der Waals surface area contributed by atoms with E-state index in [9.17, 15) is 5.11 Å². The predicted molar refractivity (Wildman–Crippen MR) is 81.4 cm³/mol. The molecule has 1 unspecified atom stereocenters. The van der Waals surface area contributed by atoms with Gasteiger partial charge in [0.2, 0.25) is 0 Å². The number of H-pyrrole nitrogens is 1. The van der Waals surface area contributed by atoms with Gasteiger partial charge in [0.1, 0.15) is 0 Å². The van der Waals surface area contributed by atoms with E-state index in [0.29, 0.717) is 0 Å². The first-order valence-electron chi connectivity index (χ1n) is 6.82. The van der Waals surface area contributed by atoms with Gasteiger partial charge in [0.15, 0.2) is 0 Å². The van der Waals surface area contributed by atoms with Crippen molar-refractivity contribution in [2.45, 2.75) is 12.6 Å². The second-order valence-corrected chi connectivity index (χ2v) is 4.89. The van der Waals surface area contributed by atoms with Crippen molar-refractivity contribution in [3.63, 3.8) is 0 Å². The Hall–Kier alpha value is -2.10. The van der Waals surface area contributed by atoms with Crippen molar-refractivity contribution in [3.05, 3.63) is 71.9 Å². The first-order chi connectivity index (χ1) is 9.88. The molecule has 1 heterocycles. The molecule has 0 bridgehead atoms. The zero-order valence-electron chi connectivity index (χ0n) is 11.2. The van der Waals surface area contributed by atoms with Gasteiger partial charge in [-0.3, -0.25) is 0 Å². The van der Waals surface area contributed by atoms with Crippen LogP contribution in [-0.4, -0.2) is 16.7 Å². The summed E-state index contributed by atoms with van der Waals surface area (Å²) in [6, 6.07) is 18.2. The summed E-state index contributed by atoms with van der Waals surface area (Å²) in [5.41, 5.74) is 3.47. The summed E-state index contributed by atoms with van der Waals surface area (Å²) >= 11 is 0. The Morgan fingerprint density at radius 1 is 1.00 bits per heavy atom. The van der Waals surface area contributed by atoms with Gasteiger partial charge in [-0.15, -0.1) is 0 Å². The summed E-state index contributed by atoms with van der Waals surface area (Å²) in [6.45, 7) is 0.816. The number of aliphatic hydroxyl groups is 1. The molecule has 0 saturated carbocycles. The molecule has 0 amide bonds. The van der Waals surface area contributed by atoms with Crippen LogP contribution in [0.3, 0.4) is 0 Å². The SMILES string of the molecule is OCC(NCc1c[nH]c2ccccc12)c1ccccc1. The van der Waals surface area contributed by atoms with E-state index in [4.69, 9.17) is 0 Å². The number of fused-ring (bicyclic) bond motifs is 1. The Labute approximate surface area is 118 Å². The fourth-order valence-corrected chi connectivity index (χ4v) is 2.48.